The Hall–Kier alpha value is -4.28. The number of nitrogens with one attached hydrogen (secondary N) is 2. The van der Waals surface area contributed by atoms with E-state index in [-0.39, 0.29) is 5.92 Å². The van der Waals surface area contributed by atoms with Crippen molar-refractivity contribution < 1.29 is 9.53 Å². The van der Waals surface area contributed by atoms with Gasteiger partial charge in [0, 0.05) is 33.6 Å². The molecule has 202 valence electrons. The zero-order chi connectivity index (χ0) is 27.6. The Morgan fingerprint density at radius 3 is 2.60 bits per heavy atom. The van der Waals surface area contributed by atoms with Gasteiger partial charge in [0.1, 0.15) is 12.2 Å². The summed E-state index contributed by atoms with van der Waals surface area (Å²) in [5, 5.41) is 15.2. The van der Waals surface area contributed by atoms with E-state index >= 15 is 0 Å². The first-order valence-corrected chi connectivity index (χ1v) is 13.4. The van der Waals surface area contributed by atoms with E-state index in [1.54, 1.807) is 29.2 Å². The minimum atomic E-state index is -0.530. The van der Waals surface area contributed by atoms with Crippen LogP contribution in [0.4, 0.5) is 10.5 Å². The molecule has 10 nitrogen and oxygen atoms in total. The first kappa shape index (κ1) is 26.0. The highest BCUT2D eigenvalue weighted by Crippen LogP contribution is 2.42. The summed E-state index contributed by atoms with van der Waals surface area (Å²) in [7, 11) is 1.32. The highest BCUT2D eigenvalue weighted by molar-refractivity contribution is 6.32. The molecule has 12 heteroatoms. The van der Waals surface area contributed by atoms with Gasteiger partial charge in [-0.05, 0) is 59.2 Å². The van der Waals surface area contributed by atoms with Crippen molar-refractivity contribution in [2.24, 2.45) is 5.92 Å². The van der Waals surface area contributed by atoms with E-state index in [4.69, 9.17) is 33.2 Å². The number of tetrazole rings is 1. The van der Waals surface area contributed by atoms with E-state index in [0.29, 0.717) is 27.5 Å². The second kappa shape index (κ2) is 11.1. The molecule has 0 saturated heterocycles. The SMILES string of the molecule is COC(=O)Nc1ccc(-c2[nH]c(C(CC3CC3)c3ccc(-c4cc(Cl)ccc4-n4cnnn4)cn3)nc2Cl)cc1. The zero-order valence-corrected chi connectivity index (χ0v) is 22.9. The molecular formula is C28H24Cl2N8O2. The molecule has 6 rings (SSSR count). The molecule has 1 unspecified atom stereocenters. The molecule has 1 saturated carbocycles. The number of nitrogens with zero attached hydrogens (tertiary/aromatic N) is 6. The lowest BCUT2D eigenvalue weighted by Crippen LogP contribution is -2.10. The number of hydrogen-bond donors (Lipinski definition) is 2. The van der Waals surface area contributed by atoms with Crippen molar-refractivity contribution in [3.8, 4) is 28.1 Å². The Morgan fingerprint density at radius 1 is 1.12 bits per heavy atom. The van der Waals surface area contributed by atoms with Gasteiger partial charge in [-0.3, -0.25) is 10.3 Å². The molecule has 0 aliphatic heterocycles. The lowest BCUT2D eigenvalue weighted by Gasteiger charge is -2.15. The standard InChI is InChI=1S/C28H24Cl2N8O2/c1-40-28(39)33-20-8-4-17(5-9-20)25-26(30)35-27(34-25)22(12-16-2-3-16)23-10-6-18(14-31-23)21-13-19(29)7-11-24(21)38-15-32-36-37-38/h4-11,13-16,22H,2-3,12H2,1H3,(H,33,39)(H,34,35). The van der Waals surface area contributed by atoms with Crippen LogP contribution in [0.3, 0.4) is 0 Å². The fraction of sp³-hybridized carbons (Fsp3) is 0.214. The summed E-state index contributed by atoms with van der Waals surface area (Å²) in [6.45, 7) is 0. The average Bonchev–Trinajstić information content (AvgIpc) is 3.46. The number of imidazole rings is 1. The molecule has 5 aromatic rings. The number of aromatic nitrogens is 7. The normalized spacial score (nSPS) is 13.7. The molecule has 1 aliphatic rings. The average molecular weight is 575 g/mol. The highest BCUT2D eigenvalue weighted by atomic mass is 35.5. The molecule has 1 amide bonds. The zero-order valence-electron chi connectivity index (χ0n) is 21.4. The van der Waals surface area contributed by atoms with Crippen LogP contribution in [0.5, 0.6) is 0 Å². The minimum absolute atomic E-state index is 0.0496. The largest absolute Gasteiger partial charge is 0.453 e. The number of methoxy groups -OCH3 is 1. The van der Waals surface area contributed by atoms with Crippen molar-refractivity contribution in [2.45, 2.75) is 25.2 Å². The Labute approximate surface area is 239 Å². The summed E-state index contributed by atoms with van der Waals surface area (Å²) in [6, 6.07) is 16.9. The van der Waals surface area contributed by atoms with Gasteiger partial charge in [-0.25, -0.2) is 9.78 Å². The van der Waals surface area contributed by atoms with E-state index in [9.17, 15) is 4.79 Å². The smallest absolute Gasteiger partial charge is 0.411 e. The van der Waals surface area contributed by atoms with Crippen LogP contribution in [0.2, 0.25) is 10.2 Å². The Kier molecular flexibility index (Phi) is 7.19. The monoisotopic (exact) mass is 574 g/mol. The molecule has 0 bridgehead atoms. The molecular weight excluding hydrogens is 551 g/mol. The molecule has 2 aromatic carbocycles. The van der Waals surface area contributed by atoms with Crippen molar-refractivity contribution in [1.29, 1.82) is 0 Å². The third kappa shape index (κ3) is 5.54. The van der Waals surface area contributed by atoms with Gasteiger partial charge < -0.3 is 9.72 Å². The number of aromatic amines is 1. The Morgan fingerprint density at radius 2 is 1.93 bits per heavy atom. The van der Waals surface area contributed by atoms with Crippen molar-refractivity contribution in [3.63, 3.8) is 0 Å². The van der Waals surface area contributed by atoms with E-state index in [1.807, 2.05) is 42.6 Å². The lowest BCUT2D eigenvalue weighted by molar-refractivity contribution is 0.187. The summed E-state index contributed by atoms with van der Waals surface area (Å²) < 4.78 is 6.25. The molecule has 1 fully saturated rings. The van der Waals surface area contributed by atoms with Crippen LogP contribution in [0.25, 0.3) is 28.1 Å². The molecule has 1 aliphatic carbocycles. The first-order chi connectivity index (χ1) is 19.5. The number of H-pyrrole nitrogens is 1. The third-order valence-electron chi connectivity index (χ3n) is 6.89. The van der Waals surface area contributed by atoms with Gasteiger partial charge in [0.15, 0.2) is 5.15 Å². The number of halogens is 2. The van der Waals surface area contributed by atoms with Gasteiger partial charge >= 0.3 is 6.09 Å². The fourth-order valence-corrected chi connectivity index (χ4v) is 5.08. The predicted octanol–water partition coefficient (Wildman–Crippen LogP) is 6.53. The highest BCUT2D eigenvalue weighted by Gasteiger charge is 2.30. The van der Waals surface area contributed by atoms with Crippen molar-refractivity contribution in [3.05, 3.63) is 88.8 Å². The van der Waals surface area contributed by atoms with Crippen LogP contribution in [-0.4, -0.2) is 48.4 Å². The number of carbonyl (C=O) groups is 1. The minimum Gasteiger partial charge on any atom is -0.453 e. The summed E-state index contributed by atoms with van der Waals surface area (Å²) in [5.74, 6) is 1.34. The molecule has 2 N–H and O–H groups in total. The summed E-state index contributed by atoms with van der Waals surface area (Å²) in [6.07, 6.45) is 6.17. The number of amides is 1. The number of anilines is 1. The fourth-order valence-electron chi connectivity index (χ4n) is 4.66. The van der Waals surface area contributed by atoms with E-state index < -0.39 is 6.09 Å². The van der Waals surface area contributed by atoms with Gasteiger partial charge in [0.2, 0.25) is 0 Å². The van der Waals surface area contributed by atoms with Gasteiger partial charge in [-0.15, -0.1) is 5.10 Å². The van der Waals surface area contributed by atoms with Crippen LogP contribution in [-0.2, 0) is 4.74 Å². The Balaban J connectivity index is 1.30. The van der Waals surface area contributed by atoms with Crippen molar-refractivity contribution >= 4 is 35.0 Å². The van der Waals surface area contributed by atoms with Gasteiger partial charge in [0.25, 0.3) is 0 Å². The van der Waals surface area contributed by atoms with Crippen LogP contribution in [0.1, 0.15) is 36.7 Å². The second-order valence-corrected chi connectivity index (χ2v) is 10.4. The third-order valence-corrected chi connectivity index (χ3v) is 7.40. The maximum absolute atomic E-state index is 11.5. The number of pyridine rings is 1. The number of carbonyl (C=O) groups excluding carboxylic acids is 1. The van der Waals surface area contributed by atoms with Crippen LogP contribution in [0.15, 0.2) is 67.1 Å². The van der Waals surface area contributed by atoms with E-state index in [2.05, 4.69) is 30.6 Å². The quantitative estimate of drug-likeness (QED) is 0.216. The number of rotatable bonds is 8. The van der Waals surface area contributed by atoms with Gasteiger partial charge in [-0.1, -0.05) is 54.2 Å². The number of benzene rings is 2. The lowest BCUT2D eigenvalue weighted by atomic mass is 9.95. The summed E-state index contributed by atoms with van der Waals surface area (Å²) in [5.41, 5.74) is 5.63. The van der Waals surface area contributed by atoms with Crippen molar-refractivity contribution in [1.82, 2.24) is 35.2 Å². The van der Waals surface area contributed by atoms with Gasteiger partial charge in [-0.2, -0.15) is 4.68 Å². The molecule has 3 aromatic heterocycles. The second-order valence-electron chi connectivity index (χ2n) is 9.60. The predicted molar refractivity (Wildman–Crippen MR) is 152 cm³/mol. The molecule has 0 spiro atoms. The number of ether oxygens (including phenoxy) is 1. The van der Waals surface area contributed by atoms with Crippen molar-refractivity contribution in [2.75, 3.05) is 12.4 Å². The molecule has 0 radical (unpaired) electrons. The number of hydrogen-bond acceptors (Lipinski definition) is 7. The van der Waals surface area contributed by atoms with Crippen LogP contribution >= 0.6 is 23.2 Å². The van der Waals surface area contributed by atoms with Crippen LogP contribution in [0, 0.1) is 5.92 Å². The molecule has 1 atom stereocenters. The van der Waals surface area contributed by atoms with Crippen LogP contribution < -0.4 is 5.32 Å². The first-order valence-electron chi connectivity index (χ1n) is 12.7. The van der Waals surface area contributed by atoms with E-state index in [0.717, 1.165) is 40.3 Å². The molecule has 3 heterocycles. The summed E-state index contributed by atoms with van der Waals surface area (Å²) >= 11 is 12.9. The van der Waals surface area contributed by atoms with E-state index in [1.165, 1.54) is 20.0 Å². The maximum Gasteiger partial charge on any atom is 0.411 e. The maximum atomic E-state index is 11.5. The summed E-state index contributed by atoms with van der Waals surface area (Å²) in [4.78, 5) is 24.5. The van der Waals surface area contributed by atoms with Gasteiger partial charge in [0.05, 0.1) is 30.1 Å². The molecule has 40 heavy (non-hydrogen) atoms. The topological polar surface area (TPSA) is 124 Å². The Bertz CT molecular complexity index is 1630.